The summed E-state index contributed by atoms with van der Waals surface area (Å²) in [5, 5.41) is 8.03. The van der Waals surface area contributed by atoms with Crippen LogP contribution in [-0.4, -0.2) is 11.1 Å². The van der Waals surface area contributed by atoms with Gasteiger partial charge in [-0.25, -0.2) is 13.6 Å². The van der Waals surface area contributed by atoms with Crippen LogP contribution >= 0.6 is 11.6 Å². The molecular weight excluding hydrogens is 226 g/mol. The summed E-state index contributed by atoms with van der Waals surface area (Å²) in [5.74, 6) is -2.71. The van der Waals surface area contributed by atoms with Crippen LogP contribution < -0.4 is 0 Å². The Morgan fingerprint density at radius 1 is 1.40 bits per heavy atom. The molecule has 0 aliphatic heterocycles. The quantitative estimate of drug-likeness (QED) is 0.796. The molecule has 2 nitrogen and oxygen atoms in total. The fraction of sp³-hybridized carbons (Fsp3) is 0.100. The van der Waals surface area contributed by atoms with Gasteiger partial charge in [0.1, 0.15) is 11.6 Å². The molecular formula is C10H7ClF2O2. The zero-order chi connectivity index (χ0) is 11.6. The molecule has 0 radical (unpaired) electrons. The highest BCUT2D eigenvalue weighted by atomic mass is 35.5. The third-order valence-electron chi connectivity index (χ3n) is 1.76. The van der Waals surface area contributed by atoms with E-state index in [-0.39, 0.29) is 16.2 Å². The summed E-state index contributed by atoms with van der Waals surface area (Å²) in [4.78, 5) is 10.3. The summed E-state index contributed by atoms with van der Waals surface area (Å²) in [6.45, 7) is 1.40. The normalized spacial score (nSPS) is 11.6. The first-order valence-corrected chi connectivity index (χ1v) is 4.35. The summed E-state index contributed by atoms with van der Waals surface area (Å²) >= 11 is 5.50. The van der Waals surface area contributed by atoms with Gasteiger partial charge < -0.3 is 5.11 Å². The maximum absolute atomic E-state index is 13.2. The maximum Gasteiger partial charge on any atom is 0.329 e. The van der Waals surface area contributed by atoms with Crippen LogP contribution in [0.1, 0.15) is 11.1 Å². The van der Waals surface area contributed by atoms with E-state index >= 15 is 0 Å². The lowest BCUT2D eigenvalue weighted by atomic mass is 10.1. The van der Waals surface area contributed by atoms with Crippen molar-refractivity contribution < 1.29 is 18.7 Å². The average Bonchev–Trinajstić information content (AvgIpc) is 2.09. The third-order valence-corrected chi connectivity index (χ3v) is 2.07. The van der Waals surface area contributed by atoms with Gasteiger partial charge in [-0.1, -0.05) is 11.6 Å². The summed E-state index contributed by atoms with van der Waals surface area (Å²) in [5.41, 5.74) is -0.127. The Hall–Kier alpha value is -1.42. The Morgan fingerprint density at radius 2 is 2.00 bits per heavy atom. The molecule has 80 valence electrons. The lowest BCUT2D eigenvalue weighted by Crippen LogP contribution is -1.94. The molecule has 0 unspecified atom stereocenters. The summed E-state index contributed by atoms with van der Waals surface area (Å²) in [6, 6.07) is 1.83. The molecule has 0 amide bonds. The van der Waals surface area contributed by atoms with Crippen LogP contribution in [0.4, 0.5) is 8.78 Å². The highest BCUT2D eigenvalue weighted by Gasteiger charge is 2.11. The van der Waals surface area contributed by atoms with Gasteiger partial charge in [-0.3, -0.25) is 0 Å². The van der Waals surface area contributed by atoms with Crippen LogP contribution in [0.15, 0.2) is 18.2 Å². The number of benzene rings is 1. The van der Waals surface area contributed by atoms with E-state index in [1.165, 1.54) is 6.92 Å². The fourth-order valence-electron chi connectivity index (χ4n) is 1.02. The molecule has 0 saturated heterocycles. The van der Waals surface area contributed by atoms with Crippen molar-refractivity contribution in [1.82, 2.24) is 0 Å². The number of carbonyl (C=O) groups is 1. The Morgan fingerprint density at radius 3 is 2.53 bits per heavy atom. The number of rotatable bonds is 2. The molecule has 0 bridgehead atoms. The maximum atomic E-state index is 13.2. The van der Waals surface area contributed by atoms with Crippen molar-refractivity contribution in [1.29, 1.82) is 0 Å². The van der Waals surface area contributed by atoms with Crippen LogP contribution in [0.5, 0.6) is 0 Å². The standard InChI is InChI=1S/C10H7ClF2O2/c1-5-2-9(13)6(3-8(5)12)7(11)4-10(14)15/h2-4H,1H3,(H,14,15)/b7-4-. The number of carboxylic acid groups (broad SMARTS) is 1. The van der Waals surface area contributed by atoms with Crippen LogP contribution in [-0.2, 0) is 4.79 Å². The molecule has 1 rings (SSSR count). The number of hydrogen-bond acceptors (Lipinski definition) is 1. The van der Waals surface area contributed by atoms with Gasteiger partial charge in [0.15, 0.2) is 0 Å². The lowest BCUT2D eigenvalue weighted by Gasteiger charge is -2.03. The van der Waals surface area contributed by atoms with Gasteiger partial charge in [-0.05, 0) is 24.6 Å². The van der Waals surface area contributed by atoms with Crippen LogP contribution in [0.2, 0.25) is 0 Å². The van der Waals surface area contributed by atoms with Crippen molar-refractivity contribution in [2.45, 2.75) is 6.92 Å². The minimum Gasteiger partial charge on any atom is -0.478 e. The minimum atomic E-state index is -1.32. The first-order valence-electron chi connectivity index (χ1n) is 3.98. The largest absolute Gasteiger partial charge is 0.478 e. The molecule has 0 aliphatic rings. The molecule has 0 aliphatic carbocycles. The Balaban J connectivity index is 3.26. The van der Waals surface area contributed by atoms with Crippen molar-refractivity contribution in [3.05, 3.63) is 41.0 Å². The lowest BCUT2D eigenvalue weighted by molar-refractivity contribution is -0.131. The highest BCUT2D eigenvalue weighted by molar-refractivity contribution is 6.50. The van der Waals surface area contributed by atoms with Gasteiger partial charge in [0.2, 0.25) is 0 Å². The van der Waals surface area contributed by atoms with Gasteiger partial charge in [0.05, 0.1) is 5.03 Å². The predicted molar refractivity (Wildman–Crippen MR) is 52.6 cm³/mol. The second kappa shape index (κ2) is 4.40. The molecule has 0 saturated carbocycles. The van der Waals surface area contributed by atoms with Crippen molar-refractivity contribution in [2.75, 3.05) is 0 Å². The molecule has 0 heterocycles. The minimum absolute atomic E-state index is 0.135. The van der Waals surface area contributed by atoms with E-state index in [1.54, 1.807) is 0 Å². The van der Waals surface area contributed by atoms with Crippen LogP contribution in [0.3, 0.4) is 0 Å². The molecule has 0 fully saturated rings. The SMILES string of the molecule is Cc1cc(F)c(/C(Cl)=C/C(=O)O)cc1F. The van der Waals surface area contributed by atoms with E-state index in [4.69, 9.17) is 16.7 Å². The van der Waals surface area contributed by atoms with E-state index < -0.39 is 17.6 Å². The first kappa shape index (κ1) is 11.7. The van der Waals surface area contributed by atoms with Crippen molar-refractivity contribution in [3.8, 4) is 0 Å². The van der Waals surface area contributed by atoms with Crippen molar-refractivity contribution in [3.63, 3.8) is 0 Å². The smallest absolute Gasteiger partial charge is 0.329 e. The van der Waals surface area contributed by atoms with E-state index in [0.717, 1.165) is 12.1 Å². The molecule has 0 spiro atoms. The predicted octanol–water partition coefficient (Wildman–Crippen LogP) is 2.94. The van der Waals surface area contributed by atoms with E-state index in [0.29, 0.717) is 6.08 Å². The number of aryl methyl sites for hydroxylation is 1. The molecule has 5 heteroatoms. The molecule has 1 N–H and O–H groups in total. The fourth-order valence-corrected chi connectivity index (χ4v) is 1.25. The summed E-state index contributed by atoms with van der Waals surface area (Å²) in [7, 11) is 0. The van der Waals surface area contributed by atoms with Gasteiger partial charge >= 0.3 is 5.97 Å². The van der Waals surface area contributed by atoms with Crippen molar-refractivity contribution in [2.24, 2.45) is 0 Å². The van der Waals surface area contributed by atoms with Crippen LogP contribution in [0, 0.1) is 18.6 Å². The topological polar surface area (TPSA) is 37.3 Å². The van der Waals surface area contributed by atoms with Gasteiger partial charge in [-0.15, -0.1) is 0 Å². The Labute approximate surface area is 89.8 Å². The van der Waals surface area contributed by atoms with Gasteiger partial charge in [0.25, 0.3) is 0 Å². The first-order chi connectivity index (χ1) is 6.91. The molecule has 0 atom stereocenters. The number of hydrogen-bond donors (Lipinski definition) is 1. The Kier molecular flexibility index (Phi) is 3.42. The number of halogens is 3. The van der Waals surface area contributed by atoms with E-state index in [9.17, 15) is 13.6 Å². The average molecular weight is 233 g/mol. The molecule has 1 aromatic rings. The second-order valence-electron chi connectivity index (χ2n) is 2.91. The van der Waals surface area contributed by atoms with Crippen molar-refractivity contribution >= 4 is 22.6 Å². The monoisotopic (exact) mass is 232 g/mol. The third kappa shape index (κ3) is 2.76. The van der Waals surface area contributed by atoms with E-state index in [1.807, 2.05) is 0 Å². The summed E-state index contributed by atoms with van der Waals surface area (Å²) < 4.78 is 26.3. The van der Waals surface area contributed by atoms with Crippen LogP contribution in [0.25, 0.3) is 5.03 Å². The summed E-state index contributed by atoms with van der Waals surface area (Å²) in [6.07, 6.45) is 0.606. The number of carboxylic acids is 1. The highest BCUT2D eigenvalue weighted by Crippen LogP contribution is 2.24. The molecule has 0 aromatic heterocycles. The second-order valence-corrected chi connectivity index (χ2v) is 3.32. The van der Waals surface area contributed by atoms with Gasteiger partial charge in [0, 0.05) is 11.6 Å². The zero-order valence-corrected chi connectivity index (χ0v) is 8.48. The Bertz CT molecular complexity index is 441. The van der Waals surface area contributed by atoms with E-state index in [2.05, 4.69) is 0 Å². The molecule has 15 heavy (non-hydrogen) atoms. The van der Waals surface area contributed by atoms with Gasteiger partial charge in [-0.2, -0.15) is 0 Å². The number of aliphatic carboxylic acids is 1. The zero-order valence-electron chi connectivity index (χ0n) is 7.72. The molecule has 1 aromatic carbocycles.